The Morgan fingerprint density at radius 2 is 1.75 bits per heavy atom. The van der Waals surface area contributed by atoms with Crippen LogP contribution in [0.3, 0.4) is 0 Å². The van der Waals surface area contributed by atoms with Gasteiger partial charge in [-0.25, -0.2) is 8.42 Å². The summed E-state index contributed by atoms with van der Waals surface area (Å²) in [7, 11) is -3.18. The molecular weight excluding hydrogens is 274 g/mol. The van der Waals surface area contributed by atoms with Gasteiger partial charge in [-0.1, -0.05) is 18.2 Å². The van der Waals surface area contributed by atoms with Gasteiger partial charge in [-0.15, -0.1) is 0 Å². The van der Waals surface area contributed by atoms with Crippen LogP contribution in [0.15, 0.2) is 35.2 Å². The van der Waals surface area contributed by atoms with E-state index < -0.39 is 9.84 Å². The van der Waals surface area contributed by atoms with E-state index in [0.29, 0.717) is 17.5 Å². The number of rotatable bonds is 3. The van der Waals surface area contributed by atoms with E-state index in [-0.39, 0.29) is 5.25 Å². The first kappa shape index (κ1) is 14.0. The van der Waals surface area contributed by atoms with E-state index in [1.807, 2.05) is 6.07 Å². The van der Waals surface area contributed by atoms with Gasteiger partial charge in [0.1, 0.15) is 0 Å². The molecule has 0 aromatic heterocycles. The molecule has 2 aliphatic rings. The summed E-state index contributed by atoms with van der Waals surface area (Å²) in [5, 5.41) is -0.257. The smallest absolute Gasteiger partial charge is 0.182 e. The fourth-order valence-electron chi connectivity index (χ4n) is 3.19. The van der Waals surface area contributed by atoms with Crippen LogP contribution in [-0.2, 0) is 14.6 Å². The van der Waals surface area contributed by atoms with Gasteiger partial charge >= 0.3 is 0 Å². The molecule has 0 aliphatic carbocycles. The van der Waals surface area contributed by atoms with Crippen molar-refractivity contribution in [3.63, 3.8) is 0 Å². The standard InChI is InChI=1S/C15H21NO3S/c17-20(18,14-4-2-1-3-5-14)15-6-9-16(12-15)13-7-10-19-11-8-13/h1-5,13,15H,6-12H2. The first-order valence-corrected chi connectivity index (χ1v) is 8.83. The third-order valence-corrected chi connectivity index (χ3v) is 6.59. The Balaban J connectivity index is 1.70. The van der Waals surface area contributed by atoms with Gasteiger partial charge in [0, 0.05) is 25.8 Å². The van der Waals surface area contributed by atoms with Crippen molar-refractivity contribution < 1.29 is 13.2 Å². The predicted octanol–water partition coefficient (Wildman–Crippen LogP) is 1.71. The van der Waals surface area contributed by atoms with Crippen molar-refractivity contribution in [2.45, 2.75) is 35.4 Å². The Hall–Kier alpha value is -0.910. The van der Waals surface area contributed by atoms with Gasteiger partial charge in [-0.05, 0) is 37.9 Å². The maximum Gasteiger partial charge on any atom is 0.182 e. The molecule has 20 heavy (non-hydrogen) atoms. The first-order chi connectivity index (χ1) is 9.68. The number of benzene rings is 1. The first-order valence-electron chi connectivity index (χ1n) is 7.28. The minimum absolute atomic E-state index is 0.257. The van der Waals surface area contributed by atoms with E-state index >= 15 is 0 Å². The van der Waals surface area contributed by atoms with E-state index in [1.54, 1.807) is 24.3 Å². The van der Waals surface area contributed by atoms with Gasteiger partial charge < -0.3 is 4.74 Å². The molecule has 2 heterocycles. The molecule has 0 spiro atoms. The molecule has 1 aromatic rings. The summed E-state index contributed by atoms with van der Waals surface area (Å²) < 4.78 is 30.6. The van der Waals surface area contributed by atoms with Crippen molar-refractivity contribution in [1.82, 2.24) is 4.90 Å². The average Bonchev–Trinajstić information content (AvgIpc) is 3.00. The molecule has 5 heteroatoms. The number of sulfone groups is 1. The highest BCUT2D eigenvalue weighted by Crippen LogP contribution is 2.27. The van der Waals surface area contributed by atoms with Crippen LogP contribution in [0.5, 0.6) is 0 Å². The Morgan fingerprint density at radius 3 is 2.45 bits per heavy atom. The maximum absolute atomic E-state index is 12.6. The second-order valence-electron chi connectivity index (χ2n) is 5.61. The van der Waals surface area contributed by atoms with Gasteiger partial charge in [0.05, 0.1) is 10.1 Å². The summed E-state index contributed by atoms with van der Waals surface area (Å²) in [6.45, 7) is 3.16. The zero-order chi connectivity index (χ0) is 14.0. The van der Waals surface area contributed by atoms with Gasteiger partial charge in [-0.3, -0.25) is 4.90 Å². The predicted molar refractivity (Wildman–Crippen MR) is 77.4 cm³/mol. The van der Waals surface area contributed by atoms with Crippen LogP contribution in [0, 0.1) is 0 Å². The fourth-order valence-corrected chi connectivity index (χ4v) is 4.92. The third-order valence-electron chi connectivity index (χ3n) is 4.39. The summed E-state index contributed by atoms with van der Waals surface area (Å²) in [4.78, 5) is 2.80. The van der Waals surface area contributed by atoms with E-state index in [4.69, 9.17) is 4.74 Å². The monoisotopic (exact) mass is 295 g/mol. The van der Waals surface area contributed by atoms with Gasteiger partial charge in [0.15, 0.2) is 9.84 Å². The molecule has 0 amide bonds. The van der Waals surface area contributed by atoms with E-state index in [9.17, 15) is 8.42 Å². The zero-order valence-corrected chi connectivity index (χ0v) is 12.4. The second kappa shape index (κ2) is 5.84. The van der Waals surface area contributed by atoms with Crippen molar-refractivity contribution in [3.05, 3.63) is 30.3 Å². The highest BCUT2D eigenvalue weighted by Gasteiger charge is 2.36. The molecule has 2 saturated heterocycles. The number of hydrogen-bond donors (Lipinski definition) is 0. The van der Waals surface area contributed by atoms with Crippen LogP contribution in [-0.4, -0.2) is 50.9 Å². The number of hydrogen-bond acceptors (Lipinski definition) is 4. The van der Waals surface area contributed by atoms with Crippen LogP contribution in [0.1, 0.15) is 19.3 Å². The Labute approximate surface area is 120 Å². The van der Waals surface area contributed by atoms with Crippen molar-refractivity contribution in [2.24, 2.45) is 0 Å². The summed E-state index contributed by atoms with van der Waals surface area (Å²) in [5.74, 6) is 0. The van der Waals surface area contributed by atoms with Crippen molar-refractivity contribution in [3.8, 4) is 0 Å². The molecule has 2 fully saturated rings. The molecule has 1 aromatic carbocycles. The normalized spacial score (nSPS) is 25.9. The van der Waals surface area contributed by atoms with Gasteiger partial charge in [0.2, 0.25) is 0 Å². The number of nitrogens with zero attached hydrogens (tertiary/aromatic N) is 1. The lowest BCUT2D eigenvalue weighted by Crippen LogP contribution is -2.39. The van der Waals surface area contributed by atoms with Gasteiger partial charge in [0.25, 0.3) is 0 Å². The highest BCUT2D eigenvalue weighted by molar-refractivity contribution is 7.92. The Kier molecular flexibility index (Phi) is 4.10. The molecule has 0 radical (unpaired) electrons. The molecular formula is C15H21NO3S. The van der Waals surface area contributed by atoms with E-state index in [0.717, 1.165) is 39.0 Å². The second-order valence-corrected chi connectivity index (χ2v) is 7.84. The summed E-state index contributed by atoms with van der Waals surface area (Å²) in [6.07, 6.45) is 2.80. The lowest BCUT2D eigenvalue weighted by Gasteiger charge is -2.30. The maximum atomic E-state index is 12.6. The van der Waals surface area contributed by atoms with Crippen LogP contribution >= 0.6 is 0 Å². The van der Waals surface area contributed by atoms with E-state index in [2.05, 4.69) is 4.90 Å². The summed E-state index contributed by atoms with van der Waals surface area (Å²) >= 11 is 0. The zero-order valence-electron chi connectivity index (χ0n) is 11.6. The van der Waals surface area contributed by atoms with E-state index in [1.165, 1.54) is 0 Å². The molecule has 0 saturated carbocycles. The molecule has 1 atom stereocenters. The third kappa shape index (κ3) is 2.75. The molecule has 0 bridgehead atoms. The van der Waals surface area contributed by atoms with Crippen LogP contribution < -0.4 is 0 Å². The fraction of sp³-hybridized carbons (Fsp3) is 0.600. The molecule has 4 nitrogen and oxygen atoms in total. The molecule has 0 N–H and O–H groups in total. The van der Waals surface area contributed by atoms with Crippen molar-refractivity contribution >= 4 is 9.84 Å². The minimum atomic E-state index is -3.18. The van der Waals surface area contributed by atoms with Crippen molar-refractivity contribution in [1.29, 1.82) is 0 Å². The lowest BCUT2D eigenvalue weighted by molar-refractivity contribution is 0.0425. The van der Waals surface area contributed by atoms with Crippen LogP contribution in [0.2, 0.25) is 0 Å². The average molecular weight is 295 g/mol. The molecule has 3 rings (SSSR count). The molecule has 2 aliphatic heterocycles. The van der Waals surface area contributed by atoms with Crippen molar-refractivity contribution in [2.75, 3.05) is 26.3 Å². The Bertz CT molecular complexity index is 537. The topological polar surface area (TPSA) is 46.6 Å². The summed E-state index contributed by atoms with van der Waals surface area (Å²) in [6, 6.07) is 9.33. The molecule has 1 unspecified atom stereocenters. The summed E-state index contributed by atoms with van der Waals surface area (Å²) in [5.41, 5.74) is 0. The SMILES string of the molecule is O=S(=O)(c1ccccc1)C1CCN(C2CCOCC2)C1. The largest absolute Gasteiger partial charge is 0.381 e. The Morgan fingerprint density at radius 1 is 1.05 bits per heavy atom. The lowest BCUT2D eigenvalue weighted by atomic mass is 10.1. The van der Waals surface area contributed by atoms with Crippen LogP contribution in [0.4, 0.5) is 0 Å². The number of ether oxygens (including phenoxy) is 1. The van der Waals surface area contributed by atoms with Crippen LogP contribution in [0.25, 0.3) is 0 Å². The quantitative estimate of drug-likeness (QED) is 0.852. The van der Waals surface area contributed by atoms with Gasteiger partial charge in [-0.2, -0.15) is 0 Å². The molecule has 110 valence electrons. The highest BCUT2D eigenvalue weighted by atomic mass is 32.2. The minimum Gasteiger partial charge on any atom is -0.381 e. The number of likely N-dealkylation sites (tertiary alicyclic amines) is 1.